The number of aliphatic hydroxyl groups is 1. The number of aryl methyl sites for hydroxylation is 1. The van der Waals surface area contributed by atoms with Gasteiger partial charge in [-0.3, -0.25) is 0 Å². The van der Waals surface area contributed by atoms with E-state index in [2.05, 4.69) is 46.1 Å². The minimum atomic E-state index is -0.506. The van der Waals surface area contributed by atoms with Crippen molar-refractivity contribution < 1.29 is 5.11 Å². The van der Waals surface area contributed by atoms with E-state index in [-0.39, 0.29) is 11.5 Å². The van der Waals surface area contributed by atoms with Crippen molar-refractivity contribution in [2.75, 3.05) is 18.0 Å². The summed E-state index contributed by atoms with van der Waals surface area (Å²) in [7, 11) is 0. The zero-order valence-corrected chi connectivity index (χ0v) is 14.0. The van der Waals surface area contributed by atoms with Gasteiger partial charge in [-0.2, -0.15) is 0 Å². The number of nitrogens with zero attached hydrogens (tertiary/aromatic N) is 3. The van der Waals surface area contributed by atoms with Gasteiger partial charge in [0, 0.05) is 30.3 Å². The molecule has 5 nitrogen and oxygen atoms in total. The van der Waals surface area contributed by atoms with Crippen molar-refractivity contribution in [3.05, 3.63) is 53.5 Å². The summed E-state index contributed by atoms with van der Waals surface area (Å²) < 4.78 is 0. The van der Waals surface area contributed by atoms with Crippen LogP contribution < -0.4 is 10.6 Å². The van der Waals surface area contributed by atoms with Crippen LogP contribution in [0.2, 0.25) is 0 Å². The third kappa shape index (κ3) is 2.23. The molecule has 1 aliphatic heterocycles. The summed E-state index contributed by atoms with van der Waals surface area (Å²) in [6.07, 6.45) is 3.84. The Morgan fingerprint density at radius 1 is 1.25 bits per heavy atom. The molecule has 2 heterocycles. The number of benzene rings is 1. The third-order valence-corrected chi connectivity index (χ3v) is 5.81. The molecule has 1 spiro atoms. The lowest BCUT2D eigenvalue weighted by molar-refractivity contribution is 0.0582. The number of rotatable bonds is 2. The van der Waals surface area contributed by atoms with Crippen molar-refractivity contribution in [1.82, 2.24) is 9.97 Å². The molecule has 0 saturated carbocycles. The highest BCUT2D eigenvalue weighted by atomic mass is 16.3. The number of piperidine rings is 1. The lowest BCUT2D eigenvalue weighted by Crippen LogP contribution is -2.49. The van der Waals surface area contributed by atoms with E-state index >= 15 is 0 Å². The largest absolute Gasteiger partial charge is 0.390 e. The molecular formula is C19H24N4O. The van der Waals surface area contributed by atoms with E-state index in [0.717, 1.165) is 49.4 Å². The average Bonchev–Trinajstić information content (AvgIpc) is 2.85. The van der Waals surface area contributed by atoms with Crippen LogP contribution in [-0.4, -0.2) is 34.3 Å². The number of anilines is 1. The van der Waals surface area contributed by atoms with Crippen LogP contribution in [-0.2, 0) is 11.8 Å². The highest BCUT2D eigenvalue weighted by Gasteiger charge is 2.51. The van der Waals surface area contributed by atoms with Crippen molar-refractivity contribution >= 4 is 5.82 Å². The van der Waals surface area contributed by atoms with Crippen molar-refractivity contribution in [3.8, 4) is 0 Å². The number of hydrogen-bond donors (Lipinski definition) is 2. The molecule has 3 N–H and O–H groups in total. The number of aromatic nitrogens is 2. The smallest absolute Gasteiger partial charge is 0.132 e. The van der Waals surface area contributed by atoms with Crippen LogP contribution in [0.3, 0.4) is 0 Å². The Morgan fingerprint density at radius 2 is 2.00 bits per heavy atom. The number of aliphatic hydroxyl groups excluding tert-OH is 1. The van der Waals surface area contributed by atoms with Crippen LogP contribution in [0.25, 0.3) is 0 Å². The predicted octanol–water partition coefficient (Wildman–Crippen LogP) is 1.95. The van der Waals surface area contributed by atoms with Gasteiger partial charge in [0.05, 0.1) is 12.1 Å². The Morgan fingerprint density at radius 3 is 2.75 bits per heavy atom. The van der Waals surface area contributed by atoms with E-state index in [0.29, 0.717) is 0 Å². The maximum Gasteiger partial charge on any atom is 0.132 e. The molecule has 2 aromatic rings. The molecule has 1 aromatic carbocycles. The van der Waals surface area contributed by atoms with Gasteiger partial charge in [0.15, 0.2) is 0 Å². The number of fused-ring (bicyclic) bond motifs is 2. The van der Waals surface area contributed by atoms with Crippen molar-refractivity contribution in [3.63, 3.8) is 0 Å². The zero-order valence-electron chi connectivity index (χ0n) is 14.0. The van der Waals surface area contributed by atoms with E-state index < -0.39 is 6.10 Å². The van der Waals surface area contributed by atoms with E-state index in [1.807, 2.05) is 6.07 Å². The summed E-state index contributed by atoms with van der Waals surface area (Å²) in [4.78, 5) is 11.0. The van der Waals surface area contributed by atoms with Crippen LogP contribution >= 0.6 is 0 Å². The van der Waals surface area contributed by atoms with Crippen LogP contribution in [0, 0.1) is 0 Å². The standard InChI is InChI=1S/C19H24N4O/c1-2-13-11-16(22-12-21-13)23-9-7-19(8-10-23)15-6-4-3-5-14(15)17(20)18(19)24/h3-6,11-12,17-18,24H,2,7-10,20H2,1H3/t17-,18+/m1/s1. The maximum absolute atomic E-state index is 10.9. The lowest BCUT2D eigenvalue weighted by atomic mass is 9.72. The first-order valence-corrected chi connectivity index (χ1v) is 8.74. The molecule has 0 amide bonds. The van der Waals surface area contributed by atoms with Gasteiger partial charge < -0.3 is 15.7 Å². The van der Waals surface area contributed by atoms with Crippen LogP contribution in [0.15, 0.2) is 36.7 Å². The molecule has 1 saturated heterocycles. The predicted molar refractivity (Wildman–Crippen MR) is 93.9 cm³/mol. The first-order chi connectivity index (χ1) is 11.7. The lowest BCUT2D eigenvalue weighted by Gasteiger charge is -2.43. The quantitative estimate of drug-likeness (QED) is 0.883. The van der Waals surface area contributed by atoms with Gasteiger partial charge in [0.2, 0.25) is 0 Å². The fourth-order valence-electron chi connectivity index (χ4n) is 4.37. The number of nitrogens with two attached hydrogens (primary N) is 1. The van der Waals surface area contributed by atoms with Gasteiger partial charge in [0.1, 0.15) is 12.1 Å². The molecular weight excluding hydrogens is 300 g/mol. The molecule has 0 radical (unpaired) electrons. The molecule has 0 unspecified atom stereocenters. The Balaban J connectivity index is 1.60. The van der Waals surface area contributed by atoms with Gasteiger partial charge in [-0.25, -0.2) is 9.97 Å². The van der Waals surface area contributed by atoms with Gasteiger partial charge in [-0.15, -0.1) is 0 Å². The average molecular weight is 324 g/mol. The van der Waals surface area contributed by atoms with Gasteiger partial charge in [0.25, 0.3) is 0 Å². The molecule has 5 heteroatoms. The third-order valence-electron chi connectivity index (χ3n) is 5.81. The molecule has 4 rings (SSSR count). The molecule has 2 aliphatic rings. The summed E-state index contributed by atoms with van der Waals surface area (Å²) >= 11 is 0. The molecule has 1 aliphatic carbocycles. The number of hydrogen-bond acceptors (Lipinski definition) is 5. The Hall–Kier alpha value is -1.98. The monoisotopic (exact) mass is 324 g/mol. The van der Waals surface area contributed by atoms with Gasteiger partial charge in [-0.05, 0) is 30.4 Å². The van der Waals surface area contributed by atoms with Crippen molar-refractivity contribution in [2.45, 2.75) is 43.7 Å². The summed E-state index contributed by atoms with van der Waals surface area (Å²) in [6.45, 7) is 3.85. The molecule has 1 fully saturated rings. The minimum Gasteiger partial charge on any atom is -0.390 e. The zero-order chi connectivity index (χ0) is 16.7. The summed E-state index contributed by atoms with van der Waals surface area (Å²) in [6, 6.07) is 10.0. The highest BCUT2D eigenvalue weighted by Crippen LogP contribution is 2.50. The molecule has 126 valence electrons. The van der Waals surface area contributed by atoms with Gasteiger partial charge >= 0.3 is 0 Å². The topological polar surface area (TPSA) is 75.3 Å². The Labute approximate surface area is 142 Å². The molecule has 2 atom stereocenters. The Bertz CT molecular complexity index is 740. The van der Waals surface area contributed by atoms with E-state index in [1.54, 1.807) is 6.33 Å². The fraction of sp³-hybridized carbons (Fsp3) is 0.474. The van der Waals surface area contributed by atoms with Crippen molar-refractivity contribution in [2.24, 2.45) is 5.73 Å². The maximum atomic E-state index is 10.9. The van der Waals surface area contributed by atoms with Gasteiger partial charge in [-0.1, -0.05) is 31.2 Å². The summed E-state index contributed by atoms with van der Waals surface area (Å²) in [5.41, 5.74) is 9.49. The van der Waals surface area contributed by atoms with Crippen LogP contribution in [0.5, 0.6) is 0 Å². The second-order valence-corrected chi connectivity index (χ2v) is 6.92. The molecule has 24 heavy (non-hydrogen) atoms. The van der Waals surface area contributed by atoms with E-state index in [1.165, 1.54) is 5.56 Å². The summed E-state index contributed by atoms with van der Waals surface area (Å²) in [5, 5.41) is 10.9. The van der Waals surface area contributed by atoms with E-state index in [4.69, 9.17) is 5.73 Å². The first kappa shape index (κ1) is 15.5. The molecule has 0 bridgehead atoms. The Kier molecular flexibility index (Phi) is 3.77. The highest BCUT2D eigenvalue weighted by molar-refractivity contribution is 5.47. The second-order valence-electron chi connectivity index (χ2n) is 6.92. The first-order valence-electron chi connectivity index (χ1n) is 8.74. The normalized spacial score (nSPS) is 25.0. The van der Waals surface area contributed by atoms with Crippen LogP contribution in [0.4, 0.5) is 5.82 Å². The summed E-state index contributed by atoms with van der Waals surface area (Å²) in [5.74, 6) is 0.988. The molecule has 1 aromatic heterocycles. The van der Waals surface area contributed by atoms with Crippen molar-refractivity contribution in [1.29, 1.82) is 0 Å². The fourth-order valence-corrected chi connectivity index (χ4v) is 4.37. The SMILES string of the molecule is CCc1cc(N2CCC3(CC2)c2ccccc2[C@@H](N)[C@@H]3O)ncn1. The second kappa shape index (κ2) is 5.83. The van der Waals surface area contributed by atoms with E-state index in [9.17, 15) is 5.11 Å². The minimum absolute atomic E-state index is 0.215. The van der Waals surface area contributed by atoms with Crippen LogP contribution in [0.1, 0.15) is 42.6 Å².